The van der Waals surface area contributed by atoms with Gasteiger partial charge in [0.05, 0.1) is 18.2 Å². The number of carbonyl (C=O) groups is 2. The lowest BCUT2D eigenvalue weighted by Crippen LogP contribution is -2.61. The molecule has 3 aliphatic rings. The van der Waals surface area contributed by atoms with Gasteiger partial charge in [0.2, 0.25) is 11.8 Å². The first kappa shape index (κ1) is 34.4. The molecule has 46 heavy (non-hydrogen) atoms. The second-order valence-electron chi connectivity index (χ2n) is 14.7. The molecule has 9 nitrogen and oxygen atoms in total. The van der Waals surface area contributed by atoms with Gasteiger partial charge in [-0.1, -0.05) is 50.3 Å². The van der Waals surface area contributed by atoms with Gasteiger partial charge in [0.1, 0.15) is 11.9 Å². The van der Waals surface area contributed by atoms with Crippen molar-refractivity contribution in [3.05, 3.63) is 65.2 Å². The van der Waals surface area contributed by atoms with Crippen LogP contribution in [0.5, 0.6) is 0 Å². The molecule has 2 heterocycles. The maximum Gasteiger partial charge on any atom is 0.239 e. The van der Waals surface area contributed by atoms with Crippen LogP contribution in [0.15, 0.2) is 42.7 Å². The summed E-state index contributed by atoms with van der Waals surface area (Å²) >= 11 is 0. The Morgan fingerprint density at radius 3 is 2.61 bits per heavy atom. The van der Waals surface area contributed by atoms with Crippen LogP contribution < -0.4 is 10.6 Å². The highest BCUT2D eigenvalue weighted by atomic mass is 19.1. The van der Waals surface area contributed by atoms with Crippen molar-refractivity contribution in [2.45, 2.75) is 109 Å². The van der Waals surface area contributed by atoms with E-state index in [0.29, 0.717) is 43.1 Å². The van der Waals surface area contributed by atoms with E-state index in [9.17, 15) is 24.2 Å². The summed E-state index contributed by atoms with van der Waals surface area (Å²) in [5, 5.41) is 28.5. The minimum Gasteiger partial charge on any atom is -0.392 e. The Morgan fingerprint density at radius 1 is 1.11 bits per heavy atom. The Bertz CT molecular complexity index is 1320. The van der Waals surface area contributed by atoms with Crippen molar-refractivity contribution < 1.29 is 24.2 Å². The molecule has 0 unspecified atom stereocenters. The molecule has 10 heteroatoms. The lowest BCUT2D eigenvalue weighted by Gasteiger charge is -2.42. The normalized spacial score (nSPS) is 24.3. The van der Waals surface area contributed by atoms with Crippen molar-refractivity contribution in [3.8, 4) is 0 Å². The quantitative estimate of drug-likeness (QED) is 0.297. The molecule has 1 aromatic heterocycles. The Morgan fingerprint density at radius 2 is 1.89 bits per heavy atom. The monoisotopic (exact) mass is 637 g/mol. The summed E-state index contributed by atoms with van der Waals surface area (Å²) in [7, 11) is 0. The summed E-state index contributed by atoms with van der Waals surface area (Å²) in [6.45, 7) is 8.71. The number of aromatic nitrogens is 1. The number of piperazine rings is 1. The van der Waals surface area contributed by atoms with Crippen LogP contribution in [-0.4, -0.2) is 86.8 Å². The van der Waals surface area contributed by atoms with Crippen molar-refractivity contribution in [3.63, 3.8) is 0 Å². The molecular formula is C36H52FN5O4. The summed E-state index contributed by atoms with van der Waals surface area (Å²) in [5.41, 5.74) is 1.75. The fraction of sp³-hybridized carbons (Fsp3) is 0.639. The molecular weight excluding hydrogens is 585 g/mol. The highest BCUT2D eigenvalue weighted by molar-refractivity contribution is 5.83. The first-order chi connectivity index (χ1) is 22.0. The SMILES string of the molecule is CC(C)(C)NC(=O)[C@@H]1CN(Cc2cccnc2)CCN1C[C@@H](O)C[C@@H](CC1CCCCC1)C(=O)N[C@H]1c2cccc(F)c2C[C@H]1O. The Balaban J connectivity index is 1.27. The number of pyridine rings is 1. The molecule has 5 rings (SSSR count). The van der Waals surface area contributed by atoms with Crippen LogP contribution in [-0.2, 0) is 22.6 Å². The first-order valence-electron chi connectivity index (χ1n) is 17.1. The van der Waals surface area contributed by atoms with Crippen molar-refractivity contribution >= 4 is 11.8 Å². The zero-order valence-electron chi connectivity index (χ0n) is 27.6. The minimum atomic E-state index is -0.902. The largest absolute Gasteiger partial charge is 0.392 e. The third kappa shape index (κ3) is 9.12. The average Bonchev–Trinajstić information content (AvgIpc) is 3.33. The molecule has 2 fully saturated rings. The topological polar surface area (TPSA) is 118 Å². The average molecular weight is 638 g/mol. The maximum absolute atomic E-state index is 14.5. The van der Waals surface area contributed by atoms with Gasteiger partial charge in [-0.2, -0.15) is 0 Å². The van der Waals surface area contributed by atoms with Crippen molar-refractivity contribution in [2.24, 2.45) is 11.8 Å². The molecule has 1 aliphatic heterocycles. The zero-order valence-corrected chi connectivity index (χ0v) is 27.6. The number of aliphatic hydroxyl groups is 2. The summed E-state index contributed by atoms with van der Waals surface area (Å²) in [6, 6.07) is 7.57. The Kier molecular flexibility index (Phi) is 11.5. The zero-order chi connectivity index (χ0) is 32.8. The molecule has 252 valence electrons. The van der Waals surface area contributed by atoms with Gasteiger partial charge in [0.15, 0.2) is 0 Å². The van der Waals surface area contributed by atoms with E-state index in [1.807, 2.05) is 39.1 Å². The molecule has 1 aromatic carbocycles. The van der Waals surface area contributed by atoms with Crippen LogP contribution in [0.25, 0.3) is 0 Å². The molecule has 1 saturated heterocycles. The highest BCUT2D eigenvalue weighted by Gasteiger charge is 2.38. The van der Waals surface area contributed by atoms with Gasteiger partial charge < -0.3 is 20.8 Å². The highest BCUT2D eigenvalue weighted by Crippen LogP contribution is 2.35. The standard InChI is InChI=1S/C36H52FN5O4/c1-36(2,3)40-35(46)31-23-41(21-25-11-8-14-38-20-25)15-16-42(31)22-27(43)18-26(17-24-9-5-4-6-10-24)34(45)39-33-28-12-7-13-30(37)29(28)19-32(33)44/h7-8,11-14,20,24,26-27,31-33,43-44H,4-6,9-10,15-19,21-23H2,1-3H3,(H,39,45)(H,40,46)/t26-,27+,31+,32-,33+/m1/s1. The maximum atomic E-state index is 14.5. The number of halogens is 1. The van der Waals surface area contributed by atoms with Gasteiger partial charge in [-0.05, 0) is 68.4 Å². The van der Waals surface area contributed by atoms with Gasteiger partial charge in [-0.3, -0.25) is 24.4 Å². The fourth-order valence-electron chi connectivity index (χ4n) is 7.56. The third-order valence-corrected chi connectivity index (χ3v) is 9.81. The molecule has 0 spiro atoms. The lowest BCUT2D eigenvalue weighted by molar-refractivity contribution is -0.132. The van der Waals surface area contributed by atoms with Crippen LogP contribution in [0, 0.1) is 17.7 Å². The molecule has 1 saturated carbocycles. The van der Waals surface area contributed by atoms with Crippen LogP contribution in [0.1, 0.15) is 88.4 Å². The third-order valence-electron chi connectivity index (χ3n) is 9.81. The summed E-state index contributed by atoms with van der Waals surface area (Å²) in [6.07, 6.45) is 8.56. The lowest BCUT2D eigenvalue weighted by atomic mass is 9.80. The van der Waals surface area contributed by atoms with E-state index in [1.54, 1.807) is 18.3 Å². The minimum absolute atomic E-state index is 0.0757. The van der Waals surface area contributed by atoms with Gasteiger partial charge in [-0.25, -0.2) is 4.39 Å². The molecule has 0 radical (unpaired) electrons. The summed E-state index contributed by atoms with van der Waals surface area (Å²) in [5.74, 6) is -0.719. The second kappa shape index (κ2) is 15.3. The number of hydrogen-bond acceptors (Lipinski definition) is 7. The first-order valence-corrected chi connectivity index (χ1v) is 17.1. The second-order valence-corrected chi connectivity index (χ2v) is 14.7. The predicted molar refractivity (Wildman–Crippen MR) is 175 cm³/mol. The molecule has 2 amide bonds. The van der Waals surface area contributed by atoms with Crippen LogP contribution in [0.3, 0.4) is 0 Å². The number of aliphatic hydroxyl groups excluding tert-OH is 2. The van der Waals surface area contributed by atoms with E-state index in [4.69, 9.17) is 0 Å². The van der Waals surface area contributed by atoms with E-state index in [1.165, 1.54) is 12.5 Å². The number of fused-ring (bicyclic) bond motifs is 1. The van der Waals surface area contributed by atoms with E-state index >= 15 is 0 Å². The van der Waals surface area contributed by atoms with E-state index in [-0.39, 0.29) is 37.0 Å². The number of carbonyl (C=O) groups excluding carboxylic acids is 2. The van der Waals surface area contributed by atoms with Gasteiger partial charge in [0, 0.05) is 63.0 Å². The molecule has 4 N–H and O–H groups in total. The number of nitrogens with one attached hydrogen (secondary N) is 2. The van der Waals surface area contributed by atoms with Crippen LogP contribution >= 0.6 is 0 Å². The Labute approximate surface area is 273 Å². The number of nitrogens with zero attached hydrogens (tertiary/aromatic N) is 3. The number of rotatable bonds is 11. The number of hydrogen-bond donors (Lipinski definition) is 4. The smallest absolute Gasteiger partial charge is 0.239 e. The van der Waals surface area contributed by atoms with E-state index in [0.717, 1.165) is 37.8 Å². The number of amides is 2. The summed E-state index contributed by atoms with van der Waals surface area (Å²) < 4.78 is 14.5. The van der Waals surface area contributed by atoms with E-state index < -0.39 is 35.7 Å². The Hall–Kier alpha value is -2.92. The van der Waals surface area contributed by atoms with Gasteiger partial charge in [0.25, 0.3) is 0 Å². The van der Waals surface area contributed by atoms with Gasteiger partial charge >= 0.3 is 0 Å². The number of β-amino-alcohol motifs (C(OH)–C–C–N with tert-alkyl or cyclic N) is 1. The molecule has 0 bridgehead atoms. The number of benzene rings is 1. The van der Waals surface area contributed by atoms with Crippen molar-refractivity contribution in [1.82, 2.24) is 25.4 Å². The molecule has 5 atom stereocenters. The summed E-state index contributed by atoms with van der Waals surface area (Å²) in [4.78, 5) is 36.0. The van der Waals surface area contributed by atoms with Crippen LogP contribution in [0.2, 0.25) is 0 Å². The van der Waals surface area contributed by atoms with E-state index in [2.05, 4.69) is 25.4 Å². The van der Waals surface area contributed by atoms with Gasteiger partial charge in [-0.15, -0.1) is 0 Å². The fourth-order valence-corrected chi connectivity index (χ4v) is 7.56. The van der Waals surface area contributed by atoms with Crippen molar-refractivity contribution in [1.29, 1.82) is 0 Å². The molecule has 2 aromatic rings. The van der Waals surface area contributed by atoms with Crippen molar-refractivity contribution in [2.75, 3.05) is 26.2 Å². The van der Waals surface area contributed by atoms with Crippen LogP contribution in [0.4, 0.5) is 4.39 Å². The molecule has 2 aliphatic carbocycles. The predicted octanol–water partition coefficient (Wildman–Crippen LogP) is 3.73.